The Labute approximate surface area is 178 Å². The third-order valence-electron chi connectivity index (χ3n) is 4.99. The maximum absolute atomic E-state index is 13.1. The van der Waals surface area contributed by atoms with Gasteiger partial charge in [-0.05, 0) is 56.7 Å². The van der Waals surface area contributed by atoms with Crippen LogP contribution in [0.15, 0.2) is 42.6 Å². The molecule has 0 radical (unpaired) electrons. The van der Waals surface area contributed by atoms with E-state index in [1.165, 1.54) is 4.90 Å². The molecule has 0 unspecified atom stereocenters. The summed E-state index contributed by atoms with van der Waals surface area (Å²) in [5.74, 6) is -0.0756. The van der Waals surface area contributed by atoms with Gasteiger partial charge in [-0.25, -0.2) is 4.79 Å². The molecule has 0 spiro atoms. The lowest BCUT2D eigenvalue weighted by Crippen LogP contribution is -2.47. The number of unbranched alkanes of at least 4 members (excludes halogenated alkanes) is 1. The maximum Gasteiger partial charge on any atom is 0.322 e. The van der Waals surface area contributed by atoms with Gasteiger partial charge < -0.3 is 19.7 Å². The van der Waals surface area contributed by atoms with E-state index in [2.05, 4.69) is 18.3 Å². The maximum atomic E-state index is 13.1. The largest absolute Gasteiger partial charge is 0.353 e. The fraction of sp³-hybridized carbons (Fsp3) is 0.435. The number of nitriles is 1. The Hall–Kier alpha value is -3.27. The summed E-state index contributed by atoms with van der Waals surface area (Å²) in [6.07, 6.45) is 3.86. The van der Waals surface area contributed by atoms with Crippen molar-refractivity contribution in [2.45, 2.75) is 46.2 Å². The average molecular weight is 410 g/mol. The second-order valence-corrected chi connectivity index (χ2v) is 7.62. The normalized spacial score (nSPS) is 10.5. The van der Waals surface area contributed by atoms with Crippen molar-refractivity contribution >= 4 is 17.6 Å². The minimum Gasteiger partial charge on any atom is -0.353 e. The van der Waals surface area contributed by atoms with Crippen LogP contribution in [0.5, 0.6) is 0 Å². The van der Waals surface area contributed by atoms with Gasteiger partial charge in [-0.1, -0.05) is 13.3 Å². The van der Waals surface area contributed by atoms with Crippen LogP contribution in [0.3, 0.4) is 0 Å². The number of hydrogen-bond acceptors (Lipinski definition) is 3. The first kappa shape index (κ1) is 23.0. The molecule has 160 valence electrons. The number of carbonyl (C=O) groups excluding carboxylic acids is 2. The van der Waals surface area contributed by atoms with Crippen molar-refractivity contribution in [3.8, 4) is 6.07 Å². The van der Waals surface area contributed by atoms with Crippen molar-refractivity contribution < 1.29 is 9.59 Å². The first-order valence-corrected chi connectivity index (χ1v) is 10.3. The number of amides is 3. The highest BCUT2D eigenvalue weighted by Crippen LogP contribution is 2.13. The van der Waals surface area contributed by atoms with E-state index in [9.17, 15) is 9.59 Å². The van der Waals surface area contributed by atoms with Gasteiger partial charge in [-0.15, -0.1) is 0 Å². The van der Waals surface area contributed by atoms with E-state index in [0.29, 0.717) is 24.3 Å². The van der Waals surface area contributed by atoms with Crippen LogP contribution in [0.4, 0.5) is 10.5 Å². The Morgan fingerprint density at radius 3 is 2.43 bits per heavy atom. The predicted molar refractivity (Wildman–Crippen MR) is 118 cm³/mol. The lowest BCUT2D eigenvalue weighted by Gasteiger charge is -2.30. The summed E-state index contributed by atoms with van der Waals surface area (Å²) in [6, 6.07) is 12.2. The highest BCUT2D eigenvalue weighted by atomic mass is 16.2. The molecule has 0 aliphatic carbocycles. The molecule has 0 fully saturated rings. The van der Waals surface area contributed by atoms with Gasteiger partial charge in [0.15, 0.2) is 0 Å². The monoisotopic (exact) mass is 409 g/mol. The number of carbonyl (C=O) groups is 2. The van der Waals surface area contributed by atoms with Crippen molar-refractivity contribution in [1.29, 1.82) is 5.26 Å². The molecule has 3 amide bonds. The summed E-state index contributed by atoms with van der Waals surface area (Å²) in [7, 11) is 1.96. The first-order chi connectivity index (χ1) is 14.3. The zero-order valence-corrected chi connectivity index (χ0v) is 18.3. The molecule has 1 N–H and O–H groups in total. The summed E-state index contributed by atoms with van der Waals surface area (Å²) in [6.45, 7) is 7.05. The number of urea groups is 1. The first-order valence-electron chi connectivity index (χ1n) is 10.3. The highest BCUT2D eigenvalue weighted by molar-refractivity contribution is 5.92. The number of aromatic nitrogens is 1. The van der Waals surface area contributed by atoms with Crippen LogP contribution in [0, 0.1) is 11.3 Å². The van der Waals surface area contributed by atoms with E-state index in [4.69, 9.17) is 5.26 Å². The molecular formula is C23H31N5O2. The standard InChI is InChI=1S/C23H31N5O2/c1-5-6-14-27(16-21-8-7-13-26(21)4)22(29)17-28(18(2)3)23(30)25-20-11-9-19(15-24)10-12-20/h7-13,18H,5-6,14,16-17H2,1-4H3,(H,25,30). The minimum absolute atomic E-state index is 0.00785. The van der Waals surface area contributed by atoms with Gasteiger partial charge in [0.05, 0.1) is 18.2 Å². The highest BCUT2D eigenvalue weighted by Gasteiger charge is 2.24. The molecule has 0 aliphatic heterocycles. The SMILES string of the molecule is CCCCN(Cc1cccn1C)C(=O)CN(C(=O)Nc1ccc(C#N)cc1)C(C)C. The topological polar surface area (TPSA) is 81.4 Å². The van der Waals surface area contributed by atoms with Crippen LogP contribution >= 0.6 is 0 Å². The summed E-state index contributed by atoms with van der Waals surface area (Å²) >= 11 is 0. The molecule has 2 rings (SSSR count). The molecule has 2 aromatic rings. The number of nitrogens with zero attached hydrogens (tertiary/aromatic N) is 4. The van der Waals surface area contributed by atoms with Crippen molar-refractivity contribution in [3.63, 3.8) is 0 Å². The Balaban J connectivity index is 2.09. The van der Waals surface area contributed by atoms with E-state index in [-0.39, 0.29) is 24.5 Å². The average Bonchev–Trinajstić information content (AvgIpc) is 3.13. The summed E-state index contributed by atoms with van der Waals surface area (Å²) in [5, 5.41) is 11.7. The van der Waals surface area contributed by atoms with E-state index in [1.54, 1.807) is 24.3 Å². The molecule has 7 heteroatoms. The van der Waals surface area contributed by atoms with Crippen molar-refractivity contribution in [2.24, 2.45) is 7.05 Å². The summed E-state index contributed by atoms with van der Waals surface area (Å²) < 4.78 is 2.00. The quantitative estimate of drug-likeness (QED) is 0.680. The number of nitrogens with one attached hydrogen (secondary N) is 1. The van der Waals surface area contributed by atoms with Crippen LogP contribution in [0.1, 0.15) is 44.9 Å². The van der Waals surface area contributed by atoms with Crippen LogP contribution in [0.2, 0.25) is 0 Å². The third-order valence-corrected chi connectivity index (χ3v) is 4.99. The zero-order chi connectivity index (χ0) is 22.1. The van der Waals surface area contributed by atoms with Crippen LogP contribution in [-0.4, -0.2) is 45.4 Å². The predicted octanol–water partition coefficient (Wildman–Crippen LogP) is 3.97. The Morgan fingerprint density at radius 1 is 1.20 bits per heavy atom. The lowest BCUT2D eigenvalue weighted by molar-refractivity contribution is -0.132. The fourth-order valence-electron chi connectivity index (χ4n) is 3.06. The molecule has 0 atom stereocenters. The van der Waals surface area contributed by atoms with Crippen LogP contribution in [-0.2, 0) is 18.4 Å². The molecule has 0 bridgehead atoms. The van der Waals surface area contributed by atoms with Gasteiger partial charge in [0.2, 0.25) is 5.91 Å². The van der Waals surface area contributed by atoms with E-state index in [1.807, 2.05) is 48.7 Å². The molecular weight excluding hydrogens is 378 g/mol. The van der Waals surface area contributed by atoms with Gasteiger partial charge in [0.1, 0.15) is 6.54 Å². The molecule has 0 aliphatic rings. The van der Waals surface area contributed by atoms with Gasteiger partial charge in [0.25, 0.3) is 0 Å². The van der Waals surface area contributed by atoms with Gasteiger partial charge in [0, 0.05) is 37.2 Å². The fourth-order valence-corrected chi connectivity index (χ4v) is 3.06. The number of rotatable bonds is 9. The van der Waals surface area contributed by atoms with Crippen LogP contribution in [0.25, 0.3) is 0 Å². The minimum atomic E-state index is -0.336. The number of aryl methyl sites for hydroxylation is 1. The second kappa shape index (κ2) is 11.1. The van der Waals surface area contributed by atoms with Gasteiger partial charge in [-0.3, -0.25) is 4.79 Å². The third kappa shape index (κ3) is 6.38. The summed E-state index contributed by atoms with van der Waals surface area (Å²) in [4.78, 5) is 29.3. The smallest absolute Gasteiger partial charge is 0.322 e. The Kier molecular flexibility index (Phi) is 8.48. The molecule has 1 aromatic heterocycles. The van der Waals surface area contributed by atoms with Gasteiger partial charge >= 0.3 is 6.03 Å². The van der Waals surface area contributed by atoms with Crippen LogP contribution < -0.4 is 5.32 Å². The molecule has 1 heterocycles. The second-order valence-electron chi connectivity index (χ2n) is 7.62. The van der Waals surface area contributed by atoms with Gasteiger partial charge in [-0.2, -0.15) is 5.26 Å². The van der Waals surface area contributed by atoms with E-state index >= 15 is 0 Å². The number of hydrogen-bond donors (Lipinski definition) is 1. The zero-order valence-electron chi connectivity index (χ0n) is 18.3. The Morgan fingerprint density at radius 2 is 1.90 bits per heavy atom. The number of anilines is 1. The molecule has 7 nitrogen and oxygen atoms in total. The molecule has 0 saturated heterocycles. The van der Waals surface area contributed by atoms with E-state index in [0.717, 1.165) is 18.5 Å². The van der Waals surface area contributed by atoms with Crippen molar-refractivity contribution in [3.05, 3.63) is 53.9 Å². The Bertz CT molecular complexity index is 880. The lowest BCUT2D eigenvalue weighted by atomic mass is 10.2. The molecule has 0 saturated carbocycles. The molecule has 30 heavy (non-hydrogen) atoms. The number of benzene rings is 1. The van der Waals surface area contributed by atoms with Crippen molar-refractivity contribution in [1.82, 2.24) is 14.4 Å². The molecule has 1 aromatic carbocycles. The van der Waals surface area contributed by atoms with E-state index < -0.39 is 0 Å². The summed E-state index contributed by atoms with van der Waals surface area (Å²) in [5.41, 5.74) is 2.16. The van der Waals surface area contributed by atoms with Crippen molar-refractivity contribution in [2.75, 3.05) is 18.4 Å².